The lowest BCUT2D eigenvalue weighted by atomic mass is 10.1. The van der Waals surface area contributed by atoms with Gasteiger partial charge in [0.2, 0.25) is 0 Å². The van der Waals surface area contributed by atoms with Crippen molar-refractivity contribution in [2.24, 2.45) is 0 Å². The van der Waals surface area contributed by atoms with Crippen molar-refractivity contribution < 1.29 is 9.53 Å². The van der Waals surface area contributed by atoms with Gasteiger partial charge in [0.15, 0.2) is 0 Å². The molecule has 1 aromatic heterocycles. The Morgan fingerprint density at radius 2 is 1.91 bits per heavy atom. The van der Waals surface area contributed by atoms with Crippen LogP contribution < -0.4 is 10.1 Å². The number of benzene rings is 2. The molecule has 0 aliphatic heterocycles. The van der Waals surface area contributed by atoms with Crippen LogP contribution in [-0.4, -0.2) is 18.0 Å². The number of anilines is 1. The van der Waals surface area contributed by atoms with Gasteiger partial charge in [-0.25, -0.2) is 0 Å². The highest BCUT2D eigenvalue weighted by atomic mass is 16.5. The average molecular weight is 292 g/mol. The van der Waals surface area contributed by atoms with Gasteiger partial charge in [-0.05, 0) is 42.8 Å². The van der Waals surface area contributed by atoms with Crippen LogP contribution in [0.3, 0.4) is 0 Å². The first-order valence-electron chi connectivity index (χ1n) is 6.99. The third kappa shape index (κ3) is 2.51. The van der Waals surface area contributed by atoms with E-state index in [9.17, 15) is 4.79 Å². The zero-order valence-corrected chi connectivity index (χ0v) is 12.5. The Kier molecular flexibility index (Phi) is 3.74. The Bertz CT molecular complexity index is 843. The summed E-state index contributed by atoms with van der Waals surface area (Å²) < 4.78 is 5.34. The molecule has 1 heterocycles. The molecule has 0 aliphatic rings. The van der Waals surface area contributed by atoms with Gasteiger partial charge < -0.3 is 10.1 Å². The van der Waals surface area contributed by atoms with E-state index in [1.54, 1.807) is 13.3 Å². The van der Waals surface area contributed by atoms with Crippen molar-refractivity contribution in [1.82, 2.24) is 4.98 Å². The second kappa shape index (κ2) is 5.85. The number of rotatable bonds is 3. The normalized spacial score (nSPS) is 10.5. The average Bonchev–Trinajstić information content (AvgIpc) is 2.55. The maximum Gasteiger partial charge on any atom is 0.255 e. The molecule has 0 bridgehead atoms. The van der Waals surface area contributed by atoms with Crippen molar-refractivity contribution in [2.75, 3.05) is 12.4 Å². The number of pyridine rings is 1. The predicted octanol–water partition coefficient (Wildman–Crippen LogP) is 3.80. The Morgan fingerprint density at radius 3 is 2.68 bits per heavy atom. The Morgan fingerprint density at radius 1 is 1.09 bits per heavy atom. The fraction of sp³-hybridized carbons (Fsp3) is 0.111. The molecule has 0 atom stereocenters. The van der Waals surface area contributed by atoms with Crippen molar-refractivity contribution in [1.29, 1.82) is 0 Å². The van der Waals surface area contributed by atoms with Gasteiger partial charge in [0.05, 0.1) is 18.3 Å². The van der Waals surface area contributed by atoms with Gasteiger partial charge >= 0.3 is 0 Å². The number of hydrogen-bond acceptors (Lipinski definition) is 3. The first-order valence-corrected chi connectivity index (χ1v) is 6.99. The molecule has 2 aromatic carbocycles. The number of nitrogens with one attached hydrogen (secondary N) is 1. The highest BCUT2D eigenvalue weighted by Gasteiger charge is 2.12. The summed E-state index contributed by atoms with van der Waals surface area (Å²) in [7, 11) is 1.62. The lowest BCUT2D eigenvalue weighted by Gasteiger charge is -2.11. The van der Waals surface area contributed by atoms with E-state index < -0.39 is 0 Å². The number of nitrogens with zero attached hydrogens (tertiary/aromatic N) is 1. The standard InChI is InChI=1S/C18H16N2O2/c1-12-6-3-4-7-13(12)18(21)20-15-9-10-16(22-2)14-8-5-11-19-17(14)15/h3-11H,1-2H3,(H,20,21). The molecule has 110 valence electrons. The number of aromatic nitrogens is 1. The summed E-state index contributed by atoms with van der Waals surface area (Å²) in [6, 6.07) is 14.9. The first-order chi connectivity index (χ1) is 10.7. The number of carbonyl (C=O) groups is 1. The maximum atomic E-state index is 12.5. The second-order valence-electron chi connectivity index (χ2n) is 4.98. The van der Waals surface area contributed by atoms with Crippen LogP contribution in [0.2, 0.25) is 0 Å². The number of carbonyl (C=O) groups excluding carboxylic acids is 1. The van der Waals surface area contributed by atoms with Crippen LogP contribution in [0.4, 0.5) is 5.69 Å². The highest BCUT2D eigenvalue weighted by molar-refractivity contribution is 6.09. The van der Waals surface area contributed by atoms with E-state index in [4.69, 9.17) is 4.74 Å². The minimum absolute atomic E-state index is 0.143. The van der Waals surface area contributed by atoms with Gasteiger partial charge in [-0.15, -0.1) is 0 Å². The molecule has 0 saturated carbocycles. The van der Waals surface area contributed by atoms with Crippen molar-refractivity contribution in [3.8, 4) is 5.75 Å². The Hall–Kier alpha value is -2.88. The maximum absolute atomic E-state index is 12.5. The van der Waals surface area contributed by atoms with Crippen LogP contribution >= 0.6 is 0 Å². The molecule has 0 aliphatic carbocycles. The smallest absolute Gasteiger partial charge is 0.255 e. The van der Waals surface area contributed by atoms with E-state index in [0.717, 1.165) is 16.7 Å². The third-order valence-corrected chi connectivity index (χ3v) is 3.59. The summed E-state index contributed by atoms with van der Waals surface area (Å²) in [5, 5.41) is 3.80. The van der Waals surface area contributed by atoms with E-state index in [-0.39, 0.29) is 5.91 Å². The molecule has 1 amide bonds. The monoisotopic (exact) mass is 292 g/mol. The lowest BCUT2D eigenvalue weighted by Crippen LogP contribution is -2.13. The summed E-state index contributed by atoms with van der Waals surface area (Å²) in [5.74, 6) is 0.590. The minimum atomic E-state index is -0.143. The number of hydrogen-bond donors (Lipinski definition) is 1. The Balaban J connectivity index is 2.01. The van der Waals surface area contributed by atoms with Gasteiger partial charge in [0, 0.05) is 17.1 Å². The summed E-state index contributed by atoms with van der Waals surface area (Å²) in [6.07, 6.45) is 1.70. The number of amides is 1. The van der Waals surface area contributed by atoms with Crippen molar-refractivity contribution in [3.63, 3.8) is 0 Å². The highest BCUT2D eigenvalue weighted by Crippen LogP contribution is 2.30. The molecule has 4 heteroatoms. The van der Waals surface area contributed by atoms with Gasteiger partial charge in [0.25, 0.3) is 5.91 Å². The molecule has 0 spiro atoms. The molecular formula is C18H16N2O2. The minimum Gasteiger partial charge on any atom is -0.496 e. The quantitative estimate of drug-likeness (QED) is 0.798. The third-order valence-electron chi connectivity index (χ3n) is 3.59. The fourth-order valence-corrected chi connectivity index (χ4v) is 2.44. The summed E-state index contributed by atoms with van der Waals surface area (Å²) in [4.78, 5) is 16.8. The first kappa shape index (κ1) is 14.1. The molecule has 1 N–H and O–H groups in total. The number of fused-ring (bicyclic) bond motifs is 1. The van der Waals surface area contributed by atoms with Crippen LogP contribution in [0.25, 0.3) is 10.9 Å². The molecule has 22 heavy (non-hydrogen) atoms. The summed E-state index contributed by atoms with van der Waals surface area (Å²) in [6.45, 7) is 1.92. The number of aryl methyl sites for hydroxylation is 1. The van der Waals surface area contributed by atoms with Gasteiger partial charge in [-0.3, -0.25) is 9.78 Å². The Labute approximate surface area is 128 Å². The van der Waals surface area contributed by atoms with E-state index in [0.29, 0.717) is 16.8 Å². The zero-order valence-electron chi connectivity index (χ0n) is 12.5. The number of ether oxygens (including phenoxy) is 1. The molecule has 3 aromatic rings. The molecule has 0 unspecified atom stereocenters. The molecule has 0 fully saturated rings. The van der Waals surface area contributed by atoms with Crippen molar-refractivity contribution >= 4 is 22.5 Å². The molecule has 0 saturated heterocycles. The SMILES string of the molecule is COc1ccc(NC(=O)c2ccccc2C)c2ncccc12. The van der Waals surface area contributed by atoms with E-state index >= 15 is 0 Å². The molecule has 3 rings (SSSR count). The predicted molar refractivity (Wildman–Crippen MR) is 87.4 cm³/mol. The lowest BCUT2D eigenvalue weighted by molar-refractivity contribution is 0.102. The zero-order chi connectivity index (χ0) is 15.5. The van der Waals surface area contributed by atoms with Gasteiger partial charge in [-0.1, -0.05) is 18.2 Å². The molecular weight excluding hydrogens is 276 g/mol. The van der Waals surface area contributed by atoms with Crippen molar-refractivity contribution in [2.45, 2.75) is 6.92 Å². The van der Waals surface area contributed by atoms with Crippen LogP contribution in [0.5, 0.6) is 5.75 Å². The van der Waals surface area contributed by atoms with Crippen LogP contribution in [0.15, 0.2) is 54.7 Å². The fourth-order valence-electron chi connectivity index (χ4n) is 2.44. The second-order valence-corrected chi connectivity index (χ2v) is 4.98. The molecule has 4 nitrogen and oxygen atoms in total. The summed E-state index contributed by atoms with van der Waals surface area (Å²) in [5.41, 5.74) is 2.97. The van der Waals surface area contributed by atoms with Crippen molar-refractivity contribution in [3.05, 3.63) is 65.9 Å². The van der Waals surface area contributed by atoms with E-state index in [1.807, 2.05) is 55.5 Å². The topological polar surface area (TPSA) is 51.2 Å². The van der Waals surface area contributed by atoms with E-state index in [2.05, 4.69) is 10.3 Å². The largest absolute Gasteiger partial charge is 0.496 e. The number of methoxy groups -OCH3 is 1. The van der Waals surface area contributed by atoms with Crippen LogP contribution in [0.1, 0.15) is 15.9 Å². The van der Waals surface area contributed by atoms with Gasteiger partial charge in [0.1, 0.15) is 5.75 Å². The van der Waals surface area contributed by atoms with Gasteiger partial charge in [-0.2, -0.15) is 0 Å². The molecule has 0 radical (unpaired) electrons. The summed E-state index contributed by atoms with van der Waals surface area (Å²) >= 11 is 0. The van der Waals surface area contributed by atoms with Crippen LogP contribution in [0, 0.1) is 6.92 Å². The van der Waals surface area contributed by atoms with Crippen LogP contribution in [-0.2, 0) is 0 Å². The van der Waals surface area contributed by atoms with E-state index in [1.165, 1.54) is 0 Å².